The van der Waals surface area contributed by atoms with Crippen molar-refractivity contribution in [2.75, 3.05) is 20.2 Å². The number of nitrogens with one attached hydrogen (secondary N) is 2. The Labute approximate surface area is 176 Å². The van der Waals surface area contributed by atoms with Crippen LogP contribution >= 0.6 is 0 Å². The molecule has 0 amide bonds. The number of esters is 1. The third-order valence-corrected chi connectivity index (χ3v) is 4.40. The molecule has 1 aromatic heterocycles. The van der Waals surface area contributed by atoms with Crippen LogP contribution < -0.4 is 10.6 Å². The molecule has 0 fully saturated rings. The van der Waals surface area contributed by atoms with Crippen molar-refractivity contribution < 1.29 is 13.9 Å². The summed E-state index contributed by atoms with van der Waals surface area (Å²) < 4.78 is 10.3. The minimum Gasteiger partial charge on any atom is -0.465 e. The minimum atomic E-state index is -0.329. The van der Waals surface area contributed by atoms with Gasteiger partial charge in [-0.05, 0) is 43.2 Å². The highest BCUT2D eigenvalue weighted by Gasteiger charge is 2.07. The van der Waals surface area contributed by atoms with Crippen molar-refractivity contribution >= 4 is 11.9 Å². The Morgan fingerprint density at radius 1 is 1.10 bits per heavy atom. The number of nitrogens with zero attached hydrogens (tertiary/aromatic N) is 2. The number of hydrogen-bond acceptors (Lipinski definition) is 5. The number of ether oxygens (including phenoxy) is 1. The molecule has 156 valence electrons. The zero-order valence-electron chi connectivity index (χ0n) is 17.2. The van der Waals surface area contributed by atoms with Gasteiger partial charge < -0.3 is 19.8 Å². The molecule has 0 unspecified atom stereocenters. The second kappa shape index (κ2) is 10.8. The van der Waals surface area contributed by atoms with E-state index >= 15 is 0 Å². The highest BCUT2D eigenvalue weighted by Crippen LogP contribution is 2.18. The molecule has 1 heterocycles. The van der Waals surface area contributed by atoms with Crippen LogP contribution in [0, 0.1) is 0 Å². The molecule has 0 radical (unpaired) electrons. The zero-order chi connectivity index (χ0) is 21.2. The maximum Gasteiger partial charge on any atom is 0.337 e. The number of oxazole rings is 1. The molecule has 0 atom stereocenters. The molecule has 0 aliphatic heterocycles. The van der Waals surface area contributed by atoms with E-state index in [-0.39, 0.29) is 5.97 Å². The molecule has 2 aromatic carbocycles. The lowest BCUT2D eigenvalue weighted by atomic mass is 10.1. The molecule has 0 spiro atoms. The van der Waals surface area contributed by atoms with Gasteiger partial charge in [0.25, 0.3) is 0 Å². The molecule has 2 N–H and O–H groups in total. The second-order valence-electron chi connectivity index (χ2n) is 6.57. The van der Waals surface area contributed by atoms with Gasteiger partial charge in [0.1, 0.15) is 12.0 Å². The molecule has 0 saturated heterocycles. The normalized spacial score (nSPS) is 11.2. The third kappa shape index (κ3) is 5.94. The van der Waals surface area contributed by atoms with Gasteiger partial charge in [-0.2, -0.15) is 0 Å². The summed E-state index contributed by atoms with van der Waals surface area (Å²) in [4.78, 5) is 20.6. The molecular weight excluding hydrogens is 380 g/mol. The number of hydrogen-bond donors (Lipinski definition) is 2. The van der Waals surface area contributed by atoms with Crippen molar-refractivity contribution in [3.05, 3.63) is 77.7 Å². The quantitative estimate of drug-likeness (QED) is 0.339. The van der Waals surface area contributed by atoms with E-state index in [0.717, 1.165) is 29.8 Å². The largest absolute Gasteiger partial charge is 0.465 e. The topological polar surface area (TPSA) is 88.8 Å². The van der Waals surface area contributed by atoms with E-state index in [1.807, 2.05) is 49.4 Å². The summed E-state index contributed by atoms with van der Waals surface area (Å²) in [5, 5.41) is 6.54. The van der Waals surface area contributed by atoms with Crippen molar-refractivity contribution in [3.8, 4) is 11.5 Å². The summed E-state index contributed by atoms with van der Waals surface area (Å²) in [6.45, 7) is 3.90. The number of benzene rings is 2. The molecule has 0 bridgehead atoms. The fourth-order valence-corrected chi connectivity index (χ4v) is 2.85. The number of guanidine groups is 1. The van der Waals surface area contributed by atoms with Crippen molar-refractivity contribution in [1.82, 2.24) is 15.6 Å². The highest BCUT2D eigenvalue weighted by molar-refractivity contribution is 5.89. The average molecular weight is 406 g/mol. The first-order chi connectivity index (χ1) is 14.7. The first kappa shape index (κ1) is 21.1. The summed E-state index contributed by atoms with van der Waals surface area (Å²) in [5.74, 6) is 0.978. The summed E-state index contributed by atoms with van der Waals surface area (Å²) in [6, 6.07) is 17.2. The number of carbonyl (C=O) groups is 1. The van der Waals surface area contributed by atoms with Crippen LogP contribution in [0.1, 0.15) is 28.5 Å². The summed E-state index contributed by atoms with van der Waals surface area (Å²) >= 11 is 0. The lowest BCUT2D eigenvalue weighted by molar-refractivity contribution is 0.0600. The van der Waals surface area contributed by atoms with Gasteiger partial charge in [-0.3, -0.25) is 0 Å². The molecule has 7 nitrogen and oxygen atoms in total. The average Bonchev–Trinajstić information content (AvgIpc) is 3.27. The Balaban J connectivity index is 1.53. The minimum absolute atomic E-state index is 0.329. The first-order valence-corrected chi connectivity index (χ1v) is 9.89. The number of rotatable bonds is 8. The SMILES string of the molecule is CCNC(=NCc1coc(-c2ccccc2)n1)NCCc1ccc(C(=O)OC)cc1. The Morgan fingerprint density at radius 2 is 1.87 bits per heavy atom. The van der Waals surface area contributed by atoms with Crippen LogP contribution in [-0.4, -0.2) is 37.1 Å². The van der Waals surface area contributed by atoms with E-state index < -0.39 is 0 Å². The van der Waals surface area contributed by atoms with Crippen molar-refractivity contribution in [3.63, 3.8) is 0 Å². The van der Waals surface area contributed by atoms with Gasteiger partial charge >= 0.3 is 5.97 Å². The molecular formula is C23H26N4O3. The smallest absolute Gasteiger partial charge is 0.337 e. The van der Waals surface area contributed by atoms with Crippen LogP contribution in [0.4, 0.5) is 0 Å². The highest BCUT2D eigenvalue weighted by atomic mass is 16.5. The second-order valence-corrected chi connectivity index (χ2v) is 6.57. The molecule has 7 heteroatoms. The molecule has 0 saturated carbocycles. The van der Waals surface area contributed by atoms with E-state index in [4.69, 9.17) is 9.15 Å². The van der Waals surface area contributed by atoms with Gasteiger partial charge in [-0.25, -0.2) is 14.8 Å². The molecule has 30 heavy (non-hydrogen) atoms. The Kier molecular flexibility index (Phi) is 7.60. The monoisotopic (exact) mass is 406 g/mol. The van der Waals surface area contributed by atoms with Gasteiger partial charge in [0.05, 0.1) is 19.2 Å². The van der Waals surface area contributed by atoms with Crippen molar-refractivity contribution in [1.29, 1.82) is 0 Å². The number of carbonyl (C=O) groups excluding carboxylic acids is 1. The lowest BCUT2D eigenvalue weighted by Gasteiger charge is -2.11. The molecule has 0 aliphatic carbocycles. The maximum absolute atomic E-state index is 11.5. The maximum atomic E-state index is 11.5. The van der Waals surface area contributed by atoms with Crippen molar-refractivity contribution in [2.45, 2.75) is 19.9 Å². The predicted molar refractivity (Wildman–Crippen MR) is 116 cm³/mol. The number of aromatic nitrogens is 1. The summed E-state index contributed by atoms with van der Waals surface area (Å²) in [5.41, 5.74) is 3.38. The standard InChI is InChI=1S/C23H26N4O3/c1-3-24-23(25-14-13-17-9-11-19(12-10-17)22(28)29-2)26-15-20-16-30-21(27-20)18-7-5-4-6-8-18/h4-12,16H,3,13-15H2,1-2H3,(H2,24,25,26). The molecule has 3 aromatic rings. The fourth-order valence-electron chi connectivity index (χ4n) is 2.85. The fraction of sp³-hybridized carbons (Fsp3) is 0.261. The van der Waals surface area contributed by atoms with Gasteiger partial charge in [-0.15, -0.1) is 0 Å². The number of methoxy groups -OCH3 is 1. The summed E-state index contributed by atoms with van der Waals surface area (Å²) in [6.07, 6.45) is 2.44. The number of aliphatic imine (C=N–C) groups is 1. The van der Waals surface area contributed by atoms with Crippen LogP contribution in [0.25, 0.3) is 11.5 Å². The van der Waals surface area contributed by atoms with Crippen LogP contribution in [0.15, 0.2) is 70.3 Å². The van der Waals surface area contributed by atoms with Gasteiger partial charge in [-0.1, -0.05) is 30.3 Å². The molecule has 3 rings (SSSR count). The summed E-state index contributed by atoms with van der Waals surface area (Å²) in [7, 11) is 1.38. The van der Waals surface area contributed by atoms with Crippen LogP contribution in [0.3, 0.4) is 0 Å². The first-order valence-electron chi connectivity index (χ1n) is 9.89. The zero-order valence-corrected chi connectivity index (χ0v) is 17.2. The Bertz CT molecular complexity index is 966. The van der Waals surface area contributed by atoms with Crippen LogP contribution in [0.5, 0.6) is 0 Å². The van der Waals surface area contributed by atoms with Crippen LogP contribution in [-0.2, 0) is 17.7 Å². The predicted octanol–water partition coefficient (Wildman–Crippen LogP) is 3.43. The van der Waals surface area contributed by atoms with Crippen molar-refractivity contribution in [2.24, 2.45) is 4.99 Å². The van der Waals surface area contributed by atoms with Gasteiger partial charge in [0.2, 0.25) is 5.89 Å². The van der Waals surface area contributed by atoms with Gasteiger partial charge in [0.15, 0.2) is 5.96 Å². The lowest BCUT2D eigenvalue weighted by Crippen LogP contribution is -2.38. The van der Waals surface area contributed by atoms with E-state index in [9.17, 15) is 4.79 Å². The van der Waals surface area contributed by atoms with E-state index in [0.29, 0.717) is 30.5 Å². The van der Waals surface area contributed by atoms with Crippen LogP contribution in [0.2, 0.25) is 0 Å². The molecule has 0 aliphatic rings. The van der Waals surface area contributed by atoms with E-state index in [1.54, 1.807) is 18.4 Å². The van der Waals surface area contributed by atoms with E-state index in [1.165, 1.54) is 7.11 Å². The Morgan fingerprint density at radius 3 is 2.57 bits per heavy atom. The van der Waals surface area contributed by atoms with Gasteiger partial charge in [0, 0.05) is 18.7 Å². The third-order valence-electron chi connectivity index (χ3n) is 4.40. The Hall–Kier alpha value is -3.61. The van der Waals surface area contributed by atoms with E-state index in [2.05, 4.69) is 20.6 Å².